The summed E-state index contributed by atoms with van der Waals surface area (Å²) in [5, 5.41) is 22.0. The molecule has 2 heterocycles. The lowest BCUT2D eigenvalue weighted by molar-refractivity contribution is -0.306. The van der Waals surface area contributed by atoms with Crippen LogP contribution in [0.15, 0.2) is 43.0 Å². The lowest BCUT2D eigenvalue weighted by Crippen LogP contribution is -2.30. The van der Waals surface area contributed by atoms with Gasteiger partial charge in [-0.15, -0.1) is 0 Å². The number of hydrogen-bond acceptors (Lipinski definition) is 14. The van der Waals surface area contributed by atoms with Gasteiger partial charge in [0, 0.05) is 36.0 Å². The Hall–Kier alpha value is -4.56. The van der Waals surface area contributed by atoms with E-state index in [2.05, 4.69) is 17.9 Å². The highest BCUT2D eigenvalue weighted by molar-refractivity contribution is 6.02. The standard InChI is InChI=1S/C17H18O7.C12H16O7/c1-10(2)16(20)22-7-6-11-4-3-5-13(14(11)15(18)19)17(21)24-9-12-8-23-12;1-2-11(15)17-4-3-8(5-10(13)14)12(16)19-7-9-6-18-9/h3-5,12H,1,6-9H2,2H3,(H,18,19);2,8-9H,1,3-7H2,(H,13,14)/p-2. The van der Waals surface area contributed by atoms with Crippen molar-refractivity contribution in [2.45, 2.75) is 38.4 Å². The normalized spacial score (nSPS) is 16.7. The van der Waals surface area contributed by atoms with Gasteiger partial charge in [0.1, 0.15) is 25.4 Å². The Balaban J connectivity index is 0.000000309. The minimum atomic E-state index is -1.49. The molecule has 3 rings (SSSR count). The lowest BCUT2D eigenvalue weighted by atomic mass is 9.99. The highest BCUT2D eigenvalue weighted by atomic mass is 16.6. The number of carboxylic acids is 2. The van der Waals surface area contributed by atoms with Crippen LogP contribution in [0.3, 0.4) is 0 Å². The van der Waals surface area contributed by atoms with E-state index in [1.54, 1.807) is 0 Å². The lowest BCUT2D eigenvalue weighted by Gasteiger charge is -2.16. The molecule has 0 N–H and O–H groups in total. The monoisotopic (exact) mass is 604 g/mol. The van der Waals surface area contributed by atoms with Crippen molar-refractivity contribution in [3.8, 4) is 0 Å². The van der Waals surface area contributed by atoms with Crippen LogP contribution in [0.1, 0.15) is 46.0 Å². The number of epoxide rings is 2. The zero-order chi connectivity index (χ0) is 31.9. The summed E-state index contributed by atoms with van der Waals surface area (Å²) in [5.41, 5.74) is 0.210. The smallest absolute Gasteiger partial charge is 0.338 e. The topological polar surface area (TPSA) is 211 Å². The maximum Gasteiger partial charge on any atom is 0.338 e. The van der Waals surface area contributed by atoms with Gasteiger partial charge in [-0.2, -0.15) is 0 Å². The molecule has 1 aromatic rings. The Morgan fingerprint density at radius 1 is 0.977 bits per heavy atom. The molecule has 2 aliphatic heterocycles. The van der Waals surface area contributed by atoms with E-state index in [1.165, 1.54) is 25.1 Å². The molecule has 2 aliphatic rings. The highest BCUT2D eigenvalue weighted by Gasteiger charge is 2.28. The van der Waals surface area contributed by atoms with Gasteiger partial charge in [0.2, 0.25) is 0 Å². The number of benzene rings is 1. The molecular weight excluding hydrogens is 572 g/mol. The molecule has 2 fully saturated rings. The second-order valence-corrected chi connectivity index (χ2v) is 9.37. The summed E-state index contributed by atoms with van der Waals surface area (Å²) in [6.07, 6.45) is 0.468. The van der Waals surface area contributed by atoms with Crippen molar-refractivity contribution in [3.05, 3.63) is 59.7 Å². The molecule has 14 heteroatoms. The van der Waals surface area contributed by atoms with E-state index in [9.17, 15) is 39.0 Å². The molecule has 0 amide bonds. The van der Waals surface area contributed by atoms with Crippen molar-refractivity contribution in [2.75, 3.05) is 39.6 Å². The highest BCUT2D eigenvalue weighted by Crippen LogP contribution is 2.18. The quantitative estimate of drug-likeness (QED) is 0.0910. The molecule has 3 atom stereocenters. The van der Waals surface area contributed by atoms with Crippen LogP contribution in [0.5, 0.6) is 0 Å². The van der Waals surface area contributed by atoms with Crippen LogP contribution < -0.4 is 10.2 Å². The number of rotatable bonds is 17. The summed E-state index contributed by atoms with van der Waals surface area (Å²) in [6.45, 7) is 9.29. The van der Waals surface area contributed by atoms with Crippen LogP contribution in [0, 0.1) is 5.92 Å². The Morgan fingerprint density at radius 2 is 1.60 bits per heavy atom. The van der Waals surface area contributed by atoms with Gasteiger partial charge < -0.3 is 48.2 Å². The van der Waals surface area contributed by atoms with Gasteiger partial charge in [0.25, 0.3) is 0 Å². The predicted octanol–water partition coefficient (Wildman–Crippen LogP) is -0.929. The fraction of sp³-hybridized carbons (Fsp3) is 0.448. The summed E-state index contributed by atoms with van der Waals surface area (Å²) < 4.78 is 29.3. The van der Waals surface area contributed by atoms with Gasteiger partial charge in [0.15, 0.2) is 0 Å². The molecule has 0 bridgehead atoms. The number of hydrogen-bond donors (Lipinski definition) is 0. The van der Waals surface area contributed by atoms with Crippen LogP contribution in [-0.4, -0.2) is 87.7 Å². The summed E-state index contributed by atoms with van der Waals surface area (Å²) in [4.78, 5) is 67.8. The molecule has 234 valence electrons. The molecule has 14 nitrogen and oxygen atoms in total. The summed E-state index contributed by atoms with van der Waals surface area (Å²) in [7, 11) is 0. The Bertz CT molecular complexity index is 1210. The zero-order valence-corrected chi connectivity index (χ0v) is 23.5. The third kappa shape index (κ3) is 13.3. The van der Waals surface area contributed by atoms with Gasteiger partial charge in [-0.3, -0.25) is 4.79 Å². The Kier molecular flexibility index (Phi) is 14.0. The molecular formula is C29H32O14-2. The van der Waals surface area contributed by atoms with Crippen LogP contribution in [0.25, 0.3) is 0 Å². The Morgan fingerprint density at radius 3 is 2.14 bits per heavy atom. The van der Waals surface area contributed by atoms with Gasteiger partial charge >= 0.3 is 23.9 Å². The fourth-order valence-corrected chi connectivity index (χ4v) is 3.33. The first-order valence-electron chi connectivity index (χ1n) is 13.1. The van der Waals surface area contributed by atoms with E-state index < -0.39 is 48.2 Å². The minimum Gasteiger partial charge on any atom is -0.550 e. The molecule has 3 unspecified atom stereocenters. The molecule has 1 aromatic carbocycles. The number of carbonyl (C=O) groups excluding carboxylic acids is 6. The van der Waals surface area contributed by atoms with Crippen LogP contribution in [0.4, 0.5) is 0 Å². The summed E-state index contributed by atoms with van der Waals surface area (Å²) >= 11 is 0. The van der Waals surface area contributed by atoms with E-state index in [0.717, 1.165) is 6.08 Å². The maximum atomic E-state index is 12.1. The molecule has 0 aliphatic carbocycles. The SMILES string of the molecule is C=C(C)C(=O)OCCc1cccc(C(=O)OCC2CO2)c1C(=O)[O-].C=CC(=O)OCCC(CC(=O)[O-])C(=O)OCC1CO1. The van der Waals surface area contributed by atoms with Gasteiger partial charge in [-0.05, 0) is 25.0 Å². The molecule has 0 saturated carbocycles. The molecule has 0 aromatic heterocycles. The van der Waals surface area contributed by atoms with E-state index in [-0.39, 0.29) is 68.2 Å². The first kappa shape index (κ1) is 34.6. The second-order valence-electron chi connectivity index (χ2n) is 9.37. The van der Waals surface area contributed by atoms with Crippen molar-refractivity contribution in [2.24, 2.45) is 5.92 Å². The summed E-state index contributed by atoms with van der Waals surface area (Å²) in [5.74, 6) is -6.37. The van der Waals surface area contributed by atoms with Crippen LogP contribution >= 0.6 is 0 Å². The third-order valence-electron chi connectivity index (χ3n) is 5.77. The number of esters is 4. The zero-order valence-electron chi connectivity index (χ0n) is 23.5. The fourth-order valence-electron chi connectivity index (χ4n) is 3.33. The summed E-state index contributed by atoms with van der Waals surface area (Å²) in [6, 6.07) is 4.41. The Labute approximate surface area is 247 Å². The van der Waals surface area contributed by atoms with Crippen molar-refractivity contribution in [1.82, 2.24) is 0 Å². The van der Waals surface area contributed by atoms with Crippen LogP contribution in [0.2, 0.25) is 0 Å². The number of carbonyl (C=O) groups is 6. The number of carboxylic acid groups (broad SMARTS) is 2. The molecule has 0 radical (unpaired) electrons. The van der Waals surface area contributed by atoms with E-state index in [4.69, 9.17) is 23.7 Å². The van der Waals surface area contributed by atoms with Gasteiger partial charge in [-0.1, -0.05) is 25.3 Å². The van der Waals surface area contributed by atoms with Gasteiger partial charge in [-0.25, -0.2) is 14.4 Å². The van der Waals surface area contributed by atoms with Crippen LogP contribution in [-0.2, 0) is 54.0 Å². The third-order valence-corrected chi connectivity index (χ3v) is 5.77. The average Bonchev–Trinajstić information content (AvgIpc) is 3.89. The van der Waals surface area contributed by atoms with Crippen molar-refractivity contribution >= 4 is 35.8 Å². The number of aromatic carboxylic acids is 1. The van der Waals surface area contributed by atoms with Crippen molar-refractivity contribution in [3.63, 3.8) is 0 Å². The van der Waals surface area contributed by atoms with Crippen molar-refractivity contribution in [1.29, 1.82) is 0 Å². The number of aliphatic carboxylic acids is 1. The van der Waals surface area contributed by atoms with E-state index in [1.807, 2.05) is 0 Å². The van der Waals surface area contributed by atoms with Gasteiger partial charge in [0.05, 0.1) is 43.9 Å². The van der Waals surface area contributed by atoms with Crippen molar-refractivity contribution < 1.29 is 67.4 Å². The van der Waals surface area contributed by atoms with E-state index in [0.29, 0.717) is 18.8 Å². The minimum absolute atomic E-state index is 0.0413. The maximum absolute atomic E-state index is 12.1. The first-order chi connectivity index (χ1) is 20.4. The predicted molar refractivity (Wildman–Crippen MR) is 140 cm³/mol. The largest absolute Gasteiger partial charge is 0.550 e. The molecule has 43 heavy (non-hydrogen) atoms. The average molecular weight is 605 g/mol. The number of ether oxygens (including phenoxy) is 6. The second kappa shape index (κ2) is 17.4. The molecule has 0 spiro atoms. The van der Waals surface area contributed by atoms with E-state index >= 15 is 0 Å². The molecule has 2 saturated heterocycles. The first-order valence-corrected chi connectivity index (χ1v) is 13.1.